The molecular weight excluding hydrogens is 184 g/mol. The van der Waals surface area contributed by atoms with Crippen LogP contribution >= 0.6 is 0 Å². The van der Waals surface area contributed by atoms with Crippen LogP contribution < -0.4 is 0 Å². The first-order valence-corrected chi connectivity index (χ1v) is 4.88. The fraction of sp³-hybridized carbons (Fsp3) is 0.800. The summed E-state index contributed by atoms with van der Waals surface area (Å²) >= 11 is 0. The smallest absolute Gasteiger partial charge is 0.179 e. The van der Waals surface area contributed by atoms with E-state index in [1.165, 1.54) is 0 Å². The van der Waals surface area contributed by atoms with Crippen LogP contribution in [0.1, 0.15) is 6.92 Å². The van der Waals surface area contributed by atoms with E-state index in [0.717, 1.165) is 0 Å². The first kappa shape index (κ1) is 10.1. The van der Waals surface area contributed by atoms with E-state index in [1.807, 2.05) is 6.92 Å². The van der Waals surface area contributed by atoms with E-state index >= 15 is 0 Å². The van der Waals surface area contributed by atoms with Gasteiger partial charge < -0.3 is 20.1 Å². The van der Waals surface area contributed by atoms with Crippen molar-refractivity contribution in [3.8, 4) is 0 Å². The van der Waals surface area contributed by atoms with Crippen molar-refractivity contribution >= 4 is 0 Å². The van der Waals surface area contributed by atoms with Crippen LogP contribution in [0, 0.1) is 17.8 Å². The number of aliphatic hydroxyl groups is 3. The second-order valence-electron chi connectivity index (χ2n) is 4.19. The minimum atomic E-state index is -1.35. The van der Waals surface area contributed by atoms with Crippen LogP contribution in [0.4, 0.5) is 0 Å². The standard InChI is InChI=1S/C10H16O4/c1-3-6-7(4-11)10(13)8(9(6)12)5(2)14-10/h3,5-9,11-13H,1,4H2,2H3. The number of ether oxygens (including phenoxy) is 1. The molecule has 0 amide bonds. The second-order valence-corrected chi connectivity index (χ2v) is 4.19. The maximum absolute atomic E-state index is 10.1. The van der Waals surface area contributed by atoms with Gasteiger partial charge in [-0.05, 0) is 6.92 Å². The molecule has 6 atom stereocenters. The zero-order valence-electron chi connectivity index (χ0n) is 8.13. The summed E-state index contributed by atoms with van der Waals surface area (Å²) in [6, 6.07) is 0. The number of hydrogen-bond donors (Lipinski definition) is 3. The first-order chi connectivity index (χ1) is 6.56. The van der Waals surface area contributed by atoms with Gasteiger partial charge in [0.2, 0.25) is 0 Å². The lowest BCUT2D eigenvalue weighted by Gasteiger charge is -2.49. The molecule has 1 aliphatic heterocycles. The molecule has 80 valence electrons. The molecule has 0 bridgehead atoms. The first-order valence-electron chi connectivity index (χ1n) is 4.88. The Labute approximate surface area is 82.8 Å². The van der Waals surface area contributed by atoms with Crippen molar-refractivity contribution < 1.29 is 20.1 Å². The predicted octanol–water partition coefficient (Wildman–Crippen LogP) is -0.505. The maximum atomic E-state index is 10.1. The summed E-state index contributed by atoms with van der Waals surface area (Å²) < 4.78 is 5.24. The normalized spacial score (nSPS) is 56.4. The third kappa shape index (κ3) is 0.969. The van der Waals surface area contributed by atoms with Gasteiger partial charge in [-0.25, -0.2) is 0 Å². The van der Waals surface area contributed by atoms with Crippen LogP contribution in [-0.2, 0) is 4.74 Å². The van der Waals surface area contributed by atoms with Gasteiger partial charge in [0.25, 0.3) is 0 Å². The SMILES string of the molecule is C=CC1C(O)C2C(C)OC2(O)C1CO. The fourth-order valence-corrected chi connectivity index (χ4v) is 2.88. The van der Waals surface area contributed by atoms with Crippen molar-refractivity contribution in [3.63, 3.8) is 0 Å². The van der Waals surface area contributed by atoms with Gasteiger partial charge in [0.05, 0.1) is 24.7 Å². The molecule has 0 aromatic carbocycles. The molecule has 2 aliphatic rings. The highest BCUT2D eigenvalue weighted by molar-refractivity contribution is 5.14. The van der Waals surface area contributed by atoms with E-state index in [2.05, 4.69) is 6.58 Å². The molecule has 3 N–H and O–H groups in total. The predicted molar refractivity (Wildman–Crippen MR) is 49.3 cm³/mol. The van der Waals surface area contributed by atoms with Crippen LogP contribution in [0.25, 0.3) is 0 Å². The van der Waals surface area contributed by atoms with Gasteiger partial charge in [-0.15, -0.1) is 6.58 Å². The van der Waals surface area contributed by atoms with E-state index in [1.54, 1.807) is 6.08 Å². The quantitative estimate of drug-likeness (QED) is 0.525. The summed E-state index contributed by atoms with van der Waals surface area (Å²) in [7, 11) is 0. The Kier molecular flexibility index (Phi) is 2.19. The minimum Gasteiger partial charge on any atom is -0.396 e. The number of hydrogen-bond acceptors (Lipinski definition) is 4. The Morgan fingerprint density at radius 2 is 2.21 bits per heavy atom. The molecule has 1 heterocycles. The summed E-state index contributed by atoms with van der Waals surface area (Å²) in [5, 5.41) is 29.1. The van der Waals surface area contributed by atoms with Gasteiger partial charge in [0.15, 0.2) is 5.79 Å². The molecule has 0 aromatic rings. The fourth-order valence-electron chi connectivity index (χ4n) is 2.88. The Morgan fingerprint density at radius 1 is 1.57 bits per heavy atom. The number of rotatable bonds is 2. The molecule has 0 radical (unpaired) electrons. The van der Waals surface area contributed by atoms with Crippen molar-refractivity contribution in [2.45, 2.75) is 24.9 Å². The highest BCUT2D eigenvalue weighted by atomic mass is 16.7. The Balaban J connectivity index is 2.29. The molecular formula is C10H16O4. The highest BCUT2D eigenvalue weighted by Gasteiger charge is 2.68. The third-order valence-corrected chi connectivity index (χ3v) is 3.59. The summed E-state index contributed by atoms with van der Waals surface area (Å²) in [4.78, 5) is 0. The Hall–Kier alpha value is -0.420. The van der Waals surface area contributed by atoms with Crippen molar-refractivity contribution in [1.82, 2.24) is 0 Å². The molecule has 6 unspecified atom stereocenters. The zero-order valence-corrected chi connectivity index (χ0v) is 8.13. The highest BCUT2D eigenvalue weighted by Crippen LogP contribution is 2.55. The van der Waals surface area contributed by atoms with Gasteiger partial charge in [0, 0.05) is 11.8 Å². The van der Waals surface area contributed by atoms with Crippen LogP contribution in [0.2, 0.25) is 0 Å². The number of fused-ring (bicyclic) bond motifs is 1. The molecule has 0 aromatic heterocycles. The lowest BCUT2D eigenvalue weighted by atomic mass is 9.85. The van der Waals surface area contributed by atoms with E-state index < -0.39 is 17.8 Å². The van der Waals surface area contributed by atoms with Gasteiger partial charge in [-0.2, -0.15) is 0 Å². The molecule has 4 heteroatoms. The summed E-state index contributed by atoms with van der Waals surface area (Å²) in [6.45, 7) is 5.21. The van der Waals surface area contributed by atoms with Gasteiger partial charge in [0.1, 0.15) is 0 Å². The van der Waals surface area contributed by atoms with Crippen LogP contribution in [0.5, 0.6) is 0 Å². The Morgan fingerprint density at radius 3 is 2.64 bits per heavy atom. The molecule has 2 rings (SSSR count). The molecule has 1 aliphatic carbocycles. The van der Waals surface area contributed by atoms with Crippen LogP contribution in [0.3, 0.4) is 0 Å². The van der Waals surface area contributed by atoms with E-state index in [4.69, 9.17) is 9.84 Å². The van der Waals surface area contributed by atoms with Gasteiger partial charge in [-0.1, -0.05) is 6.08 Å². The van der Waals surface area contributed by atoms with Crippen molar-refractivity contribution in [1.29, 1.82) is 0 Å². The molecule has 0 spiro atoms. The summed E-state index contributed by atoms with van der Waals surface area (Å²) in [5.41, 5.74) is 0. The minimum absolute atomic E-state index is 0.158. The maximum Gasteiger partial charge on any atom is 0.179 e. The van der Waals surface area contributed by atoms with Gasteiger partial charge in [-0.3, -0.25) is 0 Å². The van der Waals surface area contributed by atoms with Gasteiger partial charge >= 0.3 is 0 Å². The van der Waals surface area contributed by atoms with Crippen molar-refractivity contribution in [3.05, 3.63) is 12.7 Å². The summed E-state index contributed by atoms with van der Waals surface area (Å²) in [6.07, 6.45) is 0.755. The molecule has 1 saturated heterocycles. The second kappa shape index (κ2) is 3.03. The number of aliphatic hydroxyl groups excluding tert-OH is 2. The van der Waals surface area contributed by atoms with E-state index in [9.17, 15) is 10.2 Å². The van der Waals surface area contributed by atoms with E-state index in [0.29, 0.717) is 0 Å². The Bertz CT molecular complexity index is 255. The molecule has 4 nitrogen and oxygen atoms in total. The largest absolute Gasteiger partial charge is 0.396 e. The topological polar surface area (TPSA) is 69.9 Å². The van der Waals surface area contributed by atoms with Crippen molar-refractivity contribution in [2.24, 2.45) is 17.8 Å². The molecule has 1 saturated carbocycles. The third-order valence-electron chi connectivity index (χ3n) is 3.59. The monoisotopic (exact) mass is 200 g/mol. The lowest BCUT2D eigenvalue weighted by Crippen LogP contribution is -2.61. The van der Waals surface area contributed by atoms with E-state index in [-0.39, 0.29) is 24.5 Å². The zero-order chi connectivity index (χ0) is 10.5. The average Bonchev–Trinajstić information content (AvgIpc) is 2.28. The molecule has 14 heavy (non-hydrogen) atoms. The van der Waals surface area contributed by atoms with Crippen molar-refractivity contribution in [2.75, 3.05) is 6.61 Å². The molecule has 2 fully saturated rings. The average molecular weight is 200 g/mol. The van der Waals surface area contributed by atoms with Crippen LogP contribution in [0.15, 0.2) is 12.7 Å². The van der Waals surface area contributed by atoms with Crippen LogP contribution in [-0.4, -0.2) is 39.9 Å². The lowest BCUT2D eigenvalue weighted by molar-refractivity contribution is -0.375. The summed E-state index contributed by atoms with van der Waals surface area (Å²) in [5.74, 6) is -2.41.